The number of carbonyl (C=O) groups is 1. The van der Waals surface area contributed by atoms with Crippen molar-refractivity contribution in [2.24, 2.45) is 14.1 Å². The van der Waals surface area contributed by atoms with Crippen molar-refractivity contribution in [3.63, 3.8) is 0 Å². The lowest BCUT2D eigenvalue weighted by Crippen LogP contribution is -2.39. The molecule has 0 saturated carbocycles. The average Bonchev–Trinajstić information content (AvgIpc) is 3.07. The van der Waals surface area contributed by atoms with E-state index in [4.69, 9.17) is 9.47 Å². The Morgan fingerprint density at radius 1 is 1.22 bits per heavy atom. The molecule has 0 N–H and O–H groups in total. The second kappa shape index (κ2) is 7.48. The van der Waals surface area contributed by atoms with E-state index in [9.17, 15) is 14.4 Å². The zero-order chi connectivity index (χ0) is 19.6. The number of benzene rings is 1. The van der Waals surface area contributed by atoms with E-state index in [2.05, 4.69) is 4.98 Å². The first kappa shape index (κ1) is 18.4. The second-order valence-corrected chi connectivity index (χ2v) is 6.05. The number of rotatable bonds is 6. The van der Waals surface area contributed by atoms with Gasteiger partial charge < -0.3 is 14.0 Å². The van der Waals surface area contributed by atoms with E-state index in [1.54, 1.807) is 42.9 Å². The van der Waals surface area contributed by atoms with Gasteiger partial charge in [0.1, 0.15) is 5.75 Å². The predicted octanol–water partition coefficient (Wildman–Crippen LogP) is 0.689. The van der Waals surface area contributed by atoms with Gasteiger partial charge in [0.2, 0.25) is 0 Å². The van der Waals surface area contributed by atoms with E-state index in [0.717, 1.165) is 4.57 Å². The summed E-state index contributed by atoms with van der Waals surface area (Å²) in [5.74, 6) is 0.0696. The van der Waals surface area contributed by atoms with Gasteiger partial charge >= 0.3 is 11.7 Å². The highest BCUT2D eigenvalue weighted by Gasteiger charge is 2.15. The van der Waals surface area contributed by atoms with E-state index in [-0.39, 0.29) is 13.2 Å². The summed E-state index contributed by atoms with van der Waals surface area (Å²) < 4.78 is 14.3. The number of imidazole rings is 1. The van der Waals surface area contributed by atoms with E-state index in [1.165, 1.54) is 18.0 Å². The molecular formula is C18H20N4O5. The van der Waals surface area contributed by atoms with Crippen molar-refractivity contribution in [1.29, 1.82) is 0 Å². The highest BCUT2D eigenvalue weighted by atomic mass is 16.5. The van der Waals surface area contributed by atoms with Crippen molar-refractivity contribution < 1.29 is 14.3 Å². The van der Waals surface area contributed by atoms with Gasteiger partial charge in [-0.25, -0.2) is 14.6 Å². The van der Waals surface area contributed by atoms with Crippen LogP contribution >= 0.6 is 0 Å². The molecule has 0 radical (unpaired) electrons. The maximum Gasteiger partial charge on any atom is 0.338 e. The van der Waals surface area contributed by atoms with E-state index < -0.39 is 17.2 Å². The normalized spacial score (nSPS) is 10.9. The first-order chi connectivity index (χ1) is 12.9. The minimum Gasteiger partial charge on any atom is -0.497 e. The molecule has 9 heteroatoms. The summed E-state index contributed by atoms with van der Waals surface area (Å²) in [6.45, 7) is 0.215. The smallest absolute Gasteiger partial charge is 0.338 e. The van der Waals surface area contributed by atoms with E-state index in [0.29, 0.717) is 28.9 Å². The van der Waals surface area contributed by atoms with Gasteiger partial charge in [-0.2, -0.15) is 0 Å². The molecule has 0 unspecified atom stereocenters. The van der Waals surface area contributed by atoms with Crippen LogP contribution in [0.2, 0.25) is 0 Å². The monoisotopic (exact) mass is 372 g/mol. The van der Waals surface area contributed by atoms with Crippen LogP contribution in [0.15, 0.2) is 40.2 Å². The quantitative estimate of drug-likeness (QED) is 0.466. The van der Waals surface area contributed by atoms with Crippen LogP contribution in [0.4, 0.5) is 0 Å². The molecule has 0 atom stereocenters. The lowest BCUT2D eigenvalue weighted by atomic mass is 10.2. The number of nitrogens with zero attached hydrogens (tertiary/aromatic N) is 4. The second-order valence-electron chi connectivity index (χ2n) is 6.05. The van der Waals surface area contributed by atoms with Gasteiger partial charge in [0.05, 0.1) is 25.6 Å². The minimum absolute atomic E-state index is 0.0784. The summed E-state index contributed by atoms with van der Waals surface area (Å²) in [4.78, 5) is 41.1. The van der Waals surface area contributed by atoms with Crippen LogP contribution in [0.5, 0.6) is 5.75 Å². The molecule has 2 heterocycles. The third kappa shape index (κ3) is 3.48. The van der Waals surface area contributed by atoms with Gasteiger partial charge in [-0.15, -0.1) is 0 Å². The number of carbonyl (C=O) groups excluding carboxylic acids is 1. The largest absolute Gasteiger partial charge is 0.497 e. The first-order valence-corrected chi connectivity index (χ1v) is 8.36. The van der Waals surface area contributed by atoms with Gasteiger partial charge in [0.15, 0.2) is 11.2 Å². The Morgan fingerprint density at radius 3 is 2.74 bits per heavy atom. The molecule has 0 aliphatic carbocycles. The summed E-state index contributed by atoms with van der Waals surface area (Å²) in [7, 11) is 4.78. The molecule has 0 bridgehead atoms. The maximum absolute atomic E-state index is 12.6. The lowest BCUT2D eigenvalue weighted by Gasteiger charge is -2.09. The molecule has 0 saturated heterocycles. The molecule has 0 amide bonds. The van der Waals surface area contributed by atoms with Crippen LogP contribution in [-0.4, -0.2) is 38.4 Å². The summed E-state index contributed by atoms with van der Waals surface area (Å²) in [6, 6.07) is 6.63. The summed E-state index contributed by atoms with van der Waals surface area (Å²) >= 11 is 0. The fourth-order valence-electron chi connectivity index (χ4n) is 2.81. The fraction of sp³-hybridized carbons (Fsp3) is 0.333. The molecule has 9 nitrogen and oxygen atoms in total. The van der Waals surface area contributed by atoms with E-state index >= 15 is 0 Å². The molecule has 1 aromatic carbocycles. The number of aromatic nitrogens is 4. The fourth-order valence-corrected chi connectivity index (χ4v) is 2.81. The Kier molecular flexibility index (Phi) is 5.11. The van der Waals surface area contributed by atoms with E-state index in [1.807, 2.05) is 0 Å². The summed E-state index contributed by atoms with van der Waals surface area (Å²) in [5, 5.41) is 0. The Morgan fingerprint density at radius 2 is 2.00 bits per heavy atom. The van der Waals surface area contributed by atoms with Crippen LogP contribution in [0.1, 0.15) is 16.8 Å². The number of fused-ring (bicyclic) bond motifs is 1. The topological polar surface area (TPSA) is 97.3 Å². The molecule has 142 valence electrons. The number of esters is 1. The van der Waals surface area contributed by atoms with Crippen molar-refractivity contribution >= 4 is 17.1 Å². The number of hydrogen-bond acceptors (Lipinski definition) is 6. The number of hydrogen-bond donors (Lipinski definition) is 0. The SMILES string of the molecule is COc1cccc(C(=O)OCCCn2c(=O)c3c(ncn3C)n(C)c2=O)c1. The highest BCUT2D eigenvalue weighted by Crippen LogP contribution is 2.13. The lowest BCUT2D eigenvalue weighted by molar-refractivity contribution is 0.0495. The molecule has 0 spiro atoms. The van der Waals surface area contributed by atoms with Crippen molar-refractivity contribution in [3.05, 3.63) is 57.0 Å². The number of ether oxygens (including phenoxy) is 2. The first-order valence-electron chi connectivity index (χ1n) is 8.36. The number of methoxy groups -OCH3 is 1. The Balaban J connectivity index is 1.69. The van der Waals surface area contributed by atoms with Gasteiger partial charge in [-0.1, -0.05) is 6.07 Å². The van der Waals surface area contributed by atoms with Crippen LogP contribution in [0, 0.1) is 0 Å². The molecule has 0 fully saturated rings. The summed E-state index contributed by atoms with van der Waals surface area (Å²) in [5.41, 5.74) is 0.204. The van der Waals surface area contributed by atoms with Crippen molar-refractivity contribution in [1.82, 2.24) is 18.7 Å². The van der Waals surface area contributed by atoms with Gasteiger partial charge in [0.25, 0.3) is 5.56 Å². The van der Waals surface area contributed by atoms with Gasteiger partial charge in [-0.3, -0.25) is 13.9 Å². The summed E-state index contributed by atoms with van der Waals surface area (Å²) in [6.07, 6.45) is 1.82. The molecule has 3 aromatic rings. The van der Waals surface area contributed by atoms with Crippen molar-refractivity contribution in [2.75, 3.05) is 13.7 Å². The average molecular weight is 372 g/mol. The molecule has 0 aliphatic heterocycles. The minimum atomic E-state index is -0.490. The zero-order valence-electron chi connectivity index (χ0n) is 15.3. The van der Waals surface area contributed by atoms with Crippen LogP contribution in [-0.2, 0) is 25.4 Å². The van der Waals surface area contributed by atoms with Gasteiger partial charge in [0, 0.05) is 20.6 Å². The van der Waals surface area contributed by atoms with Crippen molar-refractivity contribution in [2.45, 2.75) is 13.0 Å². The van der Waals surface area contributed by atoms with Crippen molar-refractivity contribution in [3.8, 4) is 5.75 Å². The standard InChI is InChI=1S/C18H20N4O5/c1-20-11-19-15-14(20)16(23)22(18(25)21(15)2)8-5-9-27-17(24)12-6-4-7-13(10-12)26-3/h4,6-7,10-11H,5,8-9H2,1-3H3. The van der Waals surface area contributed by atoms with Crippen LogP contribution in [0.3, 0.4) is 0 Å². The molecule has 0 aliphatic rings. The predicted molar refractivity (Wildman–Crippen MR) is 98.1 cm³/mol. The Hall–Kier alpha value is -3.36. The Labute approximate surface area is 154 Å². The molecular weight excluding hydrogens is 352 g/mol. The third-order valence-corrected chi connectivity index (χ3v) is 4.27. The molecule has 3 rings (SSSR count). The van der Waals surface area contributed by atoms with Crippen LogP contribution in [0.25, 0.3) is 11.2 Å². The third-order valence-electron chi connectivity index (χ3n) is 4.27. The number of aryl methyl sites for hydroxylation is 2. The molecule has 2 aromatic heterocycles. The molecule has 27 heavy (non-hydrogen) atoms. The zero-order valence-corrected chi connectivity index (χ0v) is 15.3. The maximum atomic E-state index is 12.6. The Bertz CT molecular complexity index is 1110. The van der Waals surface area contributed by atoms with Gasteiger partial charge in [-0.05, 0) is 24.6 Å². The van der Waals surface area contributed by atoms with Crippen LogP contribution < -0.4 is 16.0 Å². The highest BCUT2D eigenvalue weighted by molar-refractivity contribution is 5.89.